The maximum atomic E-state index is 12.5. The molecule has 0 bridgehead atoms. The lowest BCUT2D eigenvalue weighted by molar-refractivity contribution is -0.121. The average Bonchev–Trinajstić information content (AvgIpc) is 2.61. The number of nitriles is 1. The van der Waals surface area contributed by atoms with Crippen molar-refractivity contribution < 1.29 is 9.53 Å². The minimum atomic E-state index is -0.200. The van der Waals surface area contributed by atoms with Crippen LogP contribution in [0.15, 0.2) is 24.3 Å². The summed E-state index contributed by atoms with van der Waals surface area (Å²) in [6, 6.07) is 8.87. The monoisotopic (exact) mass is 344 g/mol. The van der Waals surface area contributed by atoms with Crippen LogP contribution in [0.3, 0.4) is 0 Å². The molecule has 1 aliphatic rings. The Kier molecular flexibility index (Phi) is 7.38. The molecule has 1 saturated heterocycles. The normalized spacial score (nSPS) is 17.2. The molecule has 6 heteroatoms. The predicted octanol–water partition coefficient (Wildman–Crippen LogP) is 1.93. The van der Waals surface area contributed by atoms with Crippen LogP contribution in [-0.4, -0.2) is 68.2 Å². The van der Waals surface area contributed by atoms with Crippen LogP contribution in [0.4, 0.5) is 5.69 Å². The quantitative estimate of drug-likeness (QED) is 0.818. The molecule has 0 unspecified atom stereocenters. The van der Waals surface area contributed by atoms with Gasteiger partial charge in [0.25, 0.3) is 0 Å². The van der Waals surface area contributed by atoms with Gasteiger partial charge in [0, 0.05) is 25.3 Å². The minimum absolute atomic E-state index is 0.0398. The predicted molar refractivity (Wildman–Crippen MR) is 98.3 cm³/mol. The number of likely N-dealkylation sites (tertiary alicyclic amines) is 1. The lowest BCUT2D eigenvalue weighted by atomic mass is 10.1. The van der Waals surface area contributed by atoms with Crippen molar-refractivity contribution in [2.75, 3.05) is 45.7 Å². The molecule has 2 rings (SSSR count). The minimum Gasteiger partial charge on any atom is -0.377 e. The summed E-state index contributed by atoms with van der Waals surface area (Å²) in [5.41, 5.74) is 1.21. The van der Waals surface area contributed by atoms with Crippen LogP contribution in [0.1, 0.15) is 25.3 Å². The summed E-state index contributed by atoms with van der Waals surface area (Å²) in [7, 11) is 4.08. The lowest BCUT2D eigenvalue weighted by Gasteiger charge is -2.35. The Morgan fingerprint density at radius 3 is 2.80 bits per heavy atom. The Morgan fingerprint density at radius 2 is 2.16 bits per heavy atom. The summed E-state index contributed by atoms with van der Waals surface area (Å²) >= 11 is 0. The number of anilines is 1. The van der Waals surface area contributed by atoms with Crippen LogP contribution in [-0.2, 0) is 9.53 Å². The highest BCUT2D eigenvalue weighted by atomic mass is 16.5. The van der Waals surface area contributed by atoms with Gasteiger partial charge in [-0.15, -0.1) is 0 Å². The second kappa shape index (κ2) is 9.52. The van der Waals surface area contributed by atoms with E-state index in [1.807, 2.05) is 21.0 Å². The van der Waals surface area contributed by atoms with Crippen molar-refractivity contribution >= 4 is 11.6 Å². The summed E-state index contributed by atoms with van der Waals surface area (Å²) in [5.74, 6) is -0.0398. The third-order valence-corrected chi connectivity index (χ3v) is 4.56. The molecule has 0 aliphatic carbocycles. The van der Waals surface area contributed by atoms with Crippen molar-refractivity contribution in [3.63, 3.8) is 0 Å². The first-order valence-corrected chi connectivity index (χ1v) is 8.81. The second-order valence-corrected chi connectivity index (χ2v) is 6.77. The molecule has 1 aromatic carbocycles. The van der Waals surface area contributed by atoms with Gasteiger partial charge in [-0.1, -0.05) is 6.07 Å². The largest absolute Gasteiger partial charge is 0.377 e. The number of ether oxygens (including phenoxy) is 1. The first-order valence-electron chi connectivity index (χ1n) is 8.81. The van der Waals surface area contributed by atoms with E-state index in [1.54, 1.807) is 24.3 Å². The van der Waals surface area contributed by atoms with Gasteiger partial charge in [-0.25, -0.2) is 0 Å². The standard InChI is InChI=1S/C19H28N4O2/c1-15(19(24)21-17-6-4-5-16(13-17)14-20)23-9-7-18(8-10-23)25-12-11-22(2)3/h4-6,13,15,18H,7-12H2,1-3H3,(H,21,24)/t15-/m0/s1. The molecule has 136 valence electrons. The highest BCUT2D eigenvalue weighted by Gasteiger charge is 2.27. The number of carbonyl (C=O) groups excluding carboxylic acids is 1. The smallest absolute Gasteiger partial charge is 0.241 e. The zero-order valence-electron chi connectivity index (χ0n) is 15.4. The molecule has 0 aromatic heterocycles. The fraction of sp³-hybridized carbons (Fsp3) is 0.579. The van der Waals surface area contributed by atoms with Crippen molar-refractivity contribution in [1.82, 2.24) is 9.80 Å². The lowest BCUT2D eigenvalue weighted by Crippen LogP contribution is -2.47. The molecule has 1 atom stereocenters. The van der Waals surface area contributed by atoms with Gasteiger partial charge in [0.2, 0.25) is 5.91 Å². The van der Waals surface area contributed by atoms with Crippen LogP contribution >= 0.6 is 0 Å². The van der Waals surface area contributed by atoms with E-state index in [0.29, 0.717) is 17.4 Å². The van der Waals surface area contributed by atoms with Crippen molar-refractivity contribution in [1.29, 1.82) is 5.26 Å². The van der Waals surface area contributed by atoms with E-state index in [9.17, 15) is 4.79 Å². The highest BCUT2D eigenvalue weighted by molar-refractivity contribution is 5.94. The van der Waals surface area contributed by atoms with Gasteiger partial charge >= 0.3 is 0 Å². The Balaban J connectivity index is 1.78. The van der Waals surface area contributed by atoms with Gasteiger partial charge < -0.3 is 15.0 Å². The second-order valence-electron chi connectivity index (χ2n) is 6.77. The third-order valence-electron chi connectivity index (χ3n) is 4.56. The first-order chi connectivity index (χ1) is 12.0. The zero-order chi connectivity index (χ0) is 18.2. The van der Waals surface area contributed by atoms with Crippen LogP contribution in [0.5, 0.6) is 0 Å². The number of likely N-dealkylation sites (N-methyl/N-ethyl adjacent to an activating group) is 1. The zero-order valence-corrected chi connectivity index (χ0v) is 15.4. The van der Waals surface area contributed by atoms with Gasteiger partial charge in [-0.2, -0.15) is 5.26 Å². The number of nitrogens with zero attached hydrogens (tertiary/aromatic N) is 3. The number of carbonyl (C=O) groups is 1. The molecule has 0 saturated carbocycles. The van der Waals surface area contributed by atoms with E-state index in [0.717, 1.165) is 39.1 Å². The molecule has 0 radical (unpaired) electrons. The molecule has 1 amide bonds. The number of hydrogen-bond donors (Lipinski definition) is 1. The van der Waals surface area contributed by atoms with Gasteiger partial charge in [0.05, 0.1) is 30.4 Å². The summed E-state index contributed by atoms with van der Waals surface area (Å²) < 4.78 is 5.90. The number of amides is 1. The molecule has 1 aromatic rings. The Labute approximate surface area is 150 Å². The molecular weight excluding hydrogens is 316 g/mol. The Bertz CT molecular complexity index is 604. The van der Waals surface area contributed by atoms with Crippen molar-refractivity contribution in [2.24, 2.45) is 0 Å². The van der Waals surface area contributed by atoms with Crippen LogP contribution in [0, 0.1) is 11.3 Å². The van der Waals surface area contributed by atoms with Crippen LogP contribution in [0.25, 0.3) is 0 Å². The molecule has 1 fully saturated rings. The molecule has 6 nitrogen and oxygen atoms in total. The van der Waals surface area contributed by atoms with Crippen LogP contribution in [0.2, 0.25) is 0 Å². The summed E-state index contributed by atoms with van der Waals surface area (Å²) in [6.07, 6.45) is 2.20. The van der Waals surface area contributed by atoms with Gasteiger partial charge in [-0.05, 0) is 52.1 Å². The topological polar surface area (TPSA) is 68.6 Å². The number of hydrogen-bond acceptors (Lipinski definition) is 5. The maximum Gasteiger partial charge on any atom is 0.241 e. The van der Waals surface area contributed by atoms with E-state index in [-0.39, 0.29) is 11.9 Å². The van der Waals surface area contributed by atoms with Gasteiger partial charge in [-0.3, -0.25) is 9.69 Å². The number of nitrogens with one attached hydrogen (secondary N) is 1. The van der Waals surface area contributed by atoms with Crippen molar-refractivity contribution in [2.45, 2.75) is 31.9 Å². The summed E-state index contributed by atoms with van der Waals surface area (Å²) in [6.45, 7) is 5.33. The van der Waals surface area contributed by atoms with E-state index in [1.165, 1.54) is 0 Å². The Morgan fingerprint density at radius 1 is 1.44 bits per heavy atom. The summed E-state index contributed by atoms with van der Waals surface area (Å²) in [5, 5.41) is 11.8. The van der Waals surface area contributed by atoms with E-state index in [2.05, 4.69) is 21.2 Å². The first kappa shape index (κ1) is 19.4. The number of piperidine rings is 1. The number of rotatable bonds is 7. The molecule has 0 spiro atoms. The fourth-order valence-corrected chi connectivity index (χ4v) is 2.91. The molecule has 1 N–H and O–H groups in total. The fourth-order valence-electron chi connectivity index (χ4n) is 2.91. The van der Waals surface area contributed by atoms with E-state index >= 15 is 0 Å². The maximum absolute atomic E-state index is 12.5. The molecule has 1 aliphatic heterocycles. The Hall–Kier alpha value is -1.94. The van der Waals surface area contributed by atoms with Crippen LogP contribution < -0.4 is 5.32 Å². The van der Waals surface area contributed by atoms with E-state index in [4.69, 9.17) is 10.00 Å². The molecule has 1 heterocycles. The van der Waals surface area contributed by atoms with Gasteiger partial charge in [0.1, 0.15) is 0 Å². The summed E-state index contributed by atoms with van der Waals surface area (Å²) in [4.78, 5) is 16.8. The molecule has 25 heavy (non-hydrogen) atoms. The van der Waals surface area contributed by atoms with Crippen molar-refractivity contribution in [3.8, 4) is 6.07 Å². The van der Waals surface area contributed by atoms with Gasteiger partial charge in [0.15, 0.2) is 0 Å². The number of benzene rings is 1. The third kappa shape index (κ3) is 6.13. The average molecular weight is 344 g/mol. The van der Waals surface area contributed by atoms with Crippen molar-refractivity contribution in [3.05, 3.63) is 29.8 Å². The van der Waals surface area contributed by atoms with E-state index < -0.39 is 0 Å². The highest BCUT2D eigenvalue weighted by Crippen LogP contribution is 2.17. The molecular formula is C19H28N4O2. The SMILES string of the molecule is C[C@@H](C(=O)Nc1cccc(C#N)c1)N1CCC(OCCN(C)C)CC1.